The molecule has 0 heterocycles. The van der Waals surface area contributed by atoms with Crippen molar-refractivity contribution in [3.63, 3.8) is 0 Å². The van der Waals surface area contributed by atoms with Gasteiger partial charge in [-0.15, -0.1) is 0 Å². The van der Waals surface area contributed by atoms with Crippen LogP contribution < -0.4 is 11.1 Å². The topological polar surface area (TPSA) is 134 Å². The molecule has 0 radical (unpaired) electrons. The minimum atomic E-state index is -1.31. The Labute approximate surface area is 251 Å². The third-order valence-electron chi connectivity index (χ3n) is 6.34. The van der Waals surface area contributed by atoms with E-state index >= 15 is 0 Å². The van der Waals surface area contributed by atoms with Crippen molar-refractivity contribution in [2.75, 3.05) is 26.3 Å². The molecule has 226 valence electrons. The van der Waals surface area contributed by atoms with Crippen molar-refractivity contribution < 1.29 is 29.0 Å². The van der Waals surface area contributed by atoms with Crippen molar-refractivity contribution in [3.05, 3.63) is 69.7 Å². The van der Waals surface area contributed by atoms with Crippen LogP contribution in [0.4, 0.5) is 4.79 Å². The first-order chi connectivity index (χ1) is 19.5. The van der Waals surface area contributed by atoms with Gasteiger partial charge in [-0.25, -0.2) is 4.79 Å². The van der Waals surface area contributed by atoms with Gasteiger partial charge in [0.1, 0.15) is 12.1 Å². The number of carbonyl (C=O) groups excluding carboxylic acids is 2. The molecular formula is C29H40Cl2N4O6. The molecule has 0 aliphatic rings. The number of ether oxygens (including phenoxy) is 2. The lowest BCUT2D eigenvalue weighted by molar-refractivity contribution is -0.163. The number of hydrogen-bond donors (Lipinski definition) is 3. The summed E-state index contributed by atoms with van der Waals surface area (Å²) in [6.07, 6.45) is -1.91. The number of nitrogens with two attached hydrogens (primary N) is 1. The van der Waals surface area contributed by atoms with E-state index in [0.717, 1.165) is 4.90 Å². The second kappa shape index (κ2) is 17.2. The van der Waals surface area contributed by atoms with Gasteiger partial charge in [-0.05, 0) is 51.0 Å². The smallest absolute Gasteiger partial charge is 0.408 e. The third kappa shape index (κ3) is 10.5. The van der Waals surface area contributed by atoms with Crippen LogP contribution in [0, 0.1) is 0 Å². The Bertz CT molecular complexity index is 1130. The normalized spacial score (nSPS) is 12.7. The van der Waals surface area contributed by atoms with Crippen LogP contribution >= 0.6 is 23.2 Å². The highest BCUT2D eigenvalue weighted by Crippen LogP contribution is 2.24. The Balaban J connectivity index is 2.41. The first-order valence-corrected chi connectivity index (χ1v) is 14.3. The largest absolute Gasteiger partial charge is 0.465 e. The van der Waals surface area contributed by atoms with Crippen LogP contribution in [0.3, 0.4) is 0 Å². The second-order valence-corrected chi connectivity index (χ2v) is 10.4. The lowest BCUT2D eigenvalue weighted by Gasteiger charge is -2.35. The average molecular weight is 612 g/mol. The zero-order valence-corrected chi connectivity index (χ0v) is 25.4. The highest BCUT2D eigenvalue weighted by molar-refractivity contribution is 6.42. The van der Waals surface area contributed by atoms with E-state index in [-0.39, 0.29) is 32.1 Å². The second-order valence-electron chi connectivity index (χ2n) is 9.59. The minimum absolute atomic E-state index is 0.0562. The third-order valence-corrected chi connectivity index (χ3v) is 7.08. The van der Waals surface area contributed by atoms with Gasteiger partial charge in [-0.2, -0.15) is 0 Å². The van der Waals surface area contributed by atoms with Gasteiger partial charge in [0.05, 0.1) is 16.6 Å². The molecule has 4 N–H and O–H groups in total. The lowest BCUT2D eigenvalue weighted by Crippen LogP contribution is -2.59. The summed E-state index contributed by atoms with van der Waals surface area (Å²) in [5.41, 5.74) is 7.26. The first-order valence-electron chi connectivity index (χ1n) is 13.5. The van der Waals surface area contributed by atoms with Crippen molar-refractivity contribution in [1.29, 1.82) is 0 Å². The standard InChI is InChI=1S/C29H40Cl2N4O6/c1-5-40-26(41-6-2)18-34(19(3)4)28(37)24(15-21-12-13-22(30)23(31)14-21)33-27(36)25(16-32)35(29(38)39)17-20-10-8-7-9-11-20/h7-14,19,24-26H,5-6,15-18,32H2,1-4H3,(H,33,36)(H,38,39). The van der Waals surface area contributed by atoms with E-state index in [0.29, 0.717) is 34.4 Å². The van der Waals surface area contributed by atoms with Gasteiger partial charge in [0, 0.05) is 38.8 Å². The van der Waals surface area contributed by atoms with Gasteiger partial charge in [-0.1, -0.05) is 59.6 Å². The number of nitrogens with zero attached hydrogens (tertiary/aromatic N) is 2. The Morgan fingerprint density at radius 1 is 0.951 bits per heavy atom. The fourth-order valence-corrected chi connectivity index (χ4v) is 4.60. The van der Waals surface area contributed by atoms with Crippen LogP contribution in [-0.2, 0) is 32.0 Å². The van der Waals surface area contributed by atoms with E-state index < -0.39 is 36.3 Å². The van der Waals surface area contributed by atoms with Crippen molar-refractivity contribution in [2.24, 2.45) is 5.73 Å². The van der Waals surface area contributed by atoms with Crippen LogP contribution in [0.25, 0.3) is 0 Å². The fourth-order valence-electron chi connectivity index (χ4n) is 4.28. The highest BCUT2D eigenvalue weighted by Gasteiger charge is 2.34. The van der Waals surface area contributed by atoms with E-state index in [1.165, 1.54) is 0 Å². The molecule has 0 saturated carbocycles. The molecule has 0 aromatic heterocycles. The zero-order chi connectivity index (χ0) is 30.5. The number of benzene rings is 2. The minimum Gasteiger partial charge on any atom is -0.465 e. The predicted octanol–water partition coefficient (Wildman–Crippen LogP) is 4.16. The van der Waals surface area contributed by atoms with Crippen LogP contribution in [0.2, 0.25) is 10.0 Å². The Kier molecular flexibility index (Phi) is 14.4. The number of carboxylic acid groups (broad SMARTS) is 1. The zero-order valence-electron chi connectivity index (χ0n) is 23.9. The Morgan fingerprint density at radius 3 is 2.10 bits per heavy atom. The molecule has 12 heteroatoms. The maximum absolute atomic E-state index is 14.0. The molecule has 0 bridgehead atoms. The Hall–Kier alpha value is -2.89. The lowest BCUT2D eigenvalue weighted by atomic mass is 10.0. The van der Waals surface area contributed by atoms with E-state index in [1.54, 1.807) is 47.4 Å². The molecule has 2 aromatic carbocycles. The monoisotopic (exact) mass is 610 g/mol. The van der Waals surface area contributed by atoms with E-state index in [4.69, 9.17) is 38.4 Å². The molecule has 0 aliphatic heterocycles. The molecule has 2 rings (SSSR count). The molecular weight excluding hydrogens is 571 g/mol. The van der Waals surface area contributed by atoms with Gasteiger partial charge in [-0.3, -0.25) is 14.5 Å². The van der Waals surface area contributed by atoms with Gasteiger partial charge >= 0.3 is 6.09 Å². The molecule has 2 atom stereocenters. The molecule has 0 saturated heterocycles. The number of carbonyl (C=O) groups is 3. The molecule has 10 nitrogen and oxygen atoms in total. The van der Waals surface area contributed by atoms with E-state index in [2.05, 4.69) is 5.32 Å². The van der Waals surface area contributed by atoms with E-state index in [9.17, 15) is 19.5 Å². The summed E-state index contributed by atoms with van der Waals surface area (Å²) >= 11 is 12.3. The molecule has 0 spiro atoms. The fraction of sp³-hybridized carbons (Fsp3) is 0.483. The summed E-state index contributed by atoms with van der Waals surface area (Å²) in [4.78, 5) is 42.3. The summed E-state index contributed by atoms with van der Waals surface area (Å²) in [7, 11) is 0. The van der Waals surface area contributed by atoms with Crippen LogP contribution in [0.1, 0.15) is 38.8 Å². The maximum atomic E-state index is 14.0. The maximum Gasteiger partial charge on any atom is 0.408 e. The summed E-state index contributed by atoms with van der Waals surface area (Å²) in [6, 6.07) is 11.2. The molecule has 2 aromatic rings. The Morgan fingerprint density at radius 2 is 1.59 bits per heavy atom. The highest BCUT2D eigenvalue weighted by atomic mass is 35.5. The van der Waals surface area contributed by atoms with E-state index in [1.807, 2.05) is 33.8 Å². The molecule has 0 aliphatic carbocycles. The van der Waals surface area contributed by atoms with Crippen LogP contribution in [0.15, 0.2) is 48.5 Å². The van der Waals surface area contributed by atoms with Gasteiger partial charge in [0.15, 0.2) is 6.29 Å². The SMILES string of the molecule is CCOC(CN(C(=O)C(Cc1ccc(Cl)c(Cl)c1)NC(=O)C(CN)N(Cc1ccccc1)C(=O)O)C(C)C)OCC. The quantitative estimate of drug-likeness (QED) is 0.243. The molecule has 41 heavy (non-hydrogen) atoms. The summed E-state index contributed by atoms with van der Waals surface area (Å²) in [5, 5.41) is 13.4. The van der Waals surface area contributed by atoms with Crippen molar-refractivity contribution in [2.45, 2.75) is 65.1 Å². The number of rotatable bonds is 16. The number of hydrogen-bond acceptors (Lipinski definition) is 6. The average Bonchev–Trinajstić information content (AvgIpc) is 2.93. The van der Waals surface area contributed by atoms with Crippen molar-refractivity contribution >= 4 is 41.1 Å². The van der Waals surface area contributed by atoms with Crippen molar-refractivity contribution in [3.8, 4) is 0 Å². The molecule has 3 amide bonds. The van der Waals surface area contributed by atoms with Crippen LogP contribution in [0.5, 0.6) is 0 Å². The predicted molar refractivity (Wildman–Crippen MR) is 159 cm³/mol. The molecule has 0 fully saturated rings. The summed E-state index contributed by atoms with van der Waals surface area (Å²) in [5.74, 6) is -1.09. The van der Waals surface area contributed by atoms with Gasteiger partial charge in [0.2, 0.25) is 11.8 Å². The number of amides is 3. The number of nitrogens with one attached hydrogen (secondary N) is 1. The molecule has 2 unspecified atom stereocenters. The van der Waals surface area contributed by atoms with Gasteiger partial charge < -0.3 is 30.5 Å². The number of halogens is 2. The van der Waals surface area contributed by atoms with Crippen LogP contribution in [-0.4, -0.2) is 83.5 Å². The summed E-state index contributed by atoms with van der Waals surface area (Å²) in [6.45, 7) is 7.91. The first kappa shape index (κ1) is 34.3. The summed E-state index contributed by atoms with van der Waals surface area (Å²) < 4.78 is 11.3. The van der Waals surface area contributed by atoms with Gasteiger partial charge in [0.25, 0.3) is 0 Å². The van der Waals surface area contributed by atoms with Crippen molar-refractivity contribution in [1.82, 2.24) is 15.1 Å².